The first-order valence-corrected chi connectivity index (χ1v) is 14.1. The van der Waals surface area contributed by atoms with E-state index in [4.69, 9.17) is 9.47 Å². The number of rotatable bonds is 5. The molecule has 1 aliphatic heterocycles. The molecule has 1 aliphatic carbocycles. The summed E-state index contributed by atoms with van der Waals surface area (Å²) < 4.78 is 14.1. The van der Waals surface area contributed by atoms with Crippen molar-refractivity contribution in [3.05, 3.63) is 111 Å². The van der Waals surface area contributed by atoms with Crippen molar-refractivity contribution in [1.29, 1.82) is 0 Å². The van der Waals surface area contributed by atoms with E-state index in [9.17, 15) is 9.59 Å². The average molecular weight is 768 g/mol. The van der Waals surface area contributed by atoms with E-state index in [1.807, 2.05) is 67.6 Å². The van der Waals surface area contributed by atoms with E-state index >= 15 is 0 Å². The van der Waals surface area contributed by atoms with Crippen LogP contribution in [0.4, 0.5) is 0 Å². The smallest absolute Gasteiger partial charge is 0.336 e. The summed E-state index contributed by atoms with van der Waals surface area (Å²) in [5.74, 6) is -0.423. The highest BCUT2D eigenvalue weighted by Gasteiger charge is 2.43. The molecule has 1 N–H and O–H groups in total. The highest BCUT2D eigenvalue weighted by molar-refractivity contribution is 14.1. The number of carbonyl (C=O) groups is 2. The minimum absolute atomic E-state index is 0.0860. The zero-order chi connectivity index (χ0) is 25.6. The van der Waals surface area contributed by atoms with Crippen LogP contribution >= 0.6 is 61.1 Å². The van der Waals surface area contributed by atoms with E-state index in [2.05, 4.69) is 66.4 Å². The molecule has 0 amide bonds. The number of fused-ring (bicyclic) bond motifs is 2. The number of dihydropyridines is 1. The highest BCUT2D eigenvalue weighted by atomic mass is 127. The number of esters is 1. The summed E-state index contributed by atoms with van der Waals surface area (Å²) in [6.45, 7) is 2.26. The molecule has 2 aliphatic rings. The Morgan fingerprint density at radius 1 is 1.06 bits per heavy atom. The molecule has 0 unspecified atom stereocenters. The number of benzene rings is 3. The molecule has 0 saturated carbocycles. The SMILES string of the molecule is COC(=O)C1=C(C)NC2=C(C(=O)c3ccccc32)[C@H]1c1cc(Br)c(OCc2ccc(I)cc2)c(I)c1. The maximum absolute atomic E-state index is 13.6. The lowest BCUT2D eigenvalue weighted by molar-refractivity contribution is -0.136. The molecule has 1 heterocycles. The van der Waals surface area contributed by atoms with Crippen LogP contribution in [-0.4, -0.2) is 18.9 Å². The van der Waals surface area contributed by atoms with Gasteiger partial charge in [-0.3, -0.25) is 4.79 Å². The number of Topliss-reactive ketones (excluding diaryl/α,β-unsaturated/α-hetero) is 1. The van der Waals surface area contributed by atoms with Crippen molar-refractivity contribution in [2.45, 2.75) is 19.4 Å². The minimum Gasteiger partial charge on any atom is -0.487 e. The van der Waals surface area contributed by atoms with Gasteiger partial charge < -0.3 is 14.8 Å². The van der Waals surface area contributed by atoms with Gasteiger partial charge in [0.15, 0.2) is 5.78 Å². The standard InChI is InChI=1S/C28H20BrI2NO4/c1-14-22(28(34)35-2)23(24-25(32-14)18-5-3-4-6-19(18)26(24)33)16-11-20(29)27(21(31)12-16)36-13-15-7-9-17(30)10-8-15/h3-12,23,32H,13H2,1-2H3/t23-/m0/s1. The number of hydrogen-bond donors (Lipinski definition) is 1. The van der Waals surface area contributed by atoms with Gasteiger partial charge in [0.05, 0.1) is 26.4 Å². The first kappa shape index (κ1) is 25.5. The van der Waals surface area contributed by atoms with Crippen LogP contribution in [0, 0.1) is 7.14 Å². The second-order valence-corrected chi connectivity index (χ2v) is 11.7. The third kappa shape index (κ3) is 4.51. The number of ketones is 1. The summed E-state index contributed by atoms with van der Waals surface area (Å²) >= 11 is 8.19. The lowest BCUT2D eigenvalue weighted by Crippen LogP contribution is -2.29. The summed E-state index contributed by atoms with van der Waals surface area (Å²) in [4.78, 5) is 26.5. The zero-order valence-electron chi connectivity index (χ0n) is 19.3. The number of ether oxygens (including phenoxy) is 2. The van der Waals surface area contributed by atoms with Gasteiger partial charge in [-0.2, -0.15) is 0 Å². The largest absolute Gasteiger partial charge is 0.487 e. The lowest BCUT2D eigenvalue weighted by atomic mass is 9.80. The number of halogens is 3. The highest BCUT2D eigenvalue weighted by Crippen LogP contribution is 2.48. The number of allylic oxidation sites excluding steroid dienone is 2. The van der Waals surface area contributed by atoms with Crippen molar-refractivity contribution in [1.82, 2.24) is 5.32 Å². The van der Waals surface area contributed by atoms with Crippen molar-refractivity contribution < 1.29 is 19.1 Å². The molecule has 0 saturated heterocycles. The normalized spacial score (nSPS) is 16.5. The Hall–Kier alpha value is -2.18. The van der Waals surface area contributed by atoms with Crippen molar-refractivity contribution in [3.63, 3.8) is 0 Å². The Kier molecular flexibility index (Phi) is 7.28. The Morgan fingerprint density at radius 2 is 1.75 bits per heavy atom. The van der Waals surface area contributed by atoms with Crippen molar-refractivity contribution >= 4 is 78.6 Å². The summed E-state index contributed by atoms with van der Waals surface area (Å²) in [5.41, 5.74) is 5.74. The van der Waals surface area contributed by atoms with E-state index in [1.54, 1.807) is 0 Å². The number of hydrogen-bond acceptors (Lipinski definition) is 5. The molecule has 182 valence electrons. The fraction of sp³-hybridized carbons (Fsp3) is 0.143. The number of carbonyl (C=O) groups excluding carboxylic acids is 2. The van der Waals surface area contributed by atoms with Crippen LogP contribution in [0.1, 0.15) is 39.9 Å². The molecule has 0 radical (unpaired) electrons. The van der Waals surface area contributed by atoms with Gasteiger partial charge in [-0.25, -0.2) is 4.79 Å². The molecular weight excluding hydrogens is 748 g/mol. The number of nitrogens with one attached hydrogen (secondary N) is 1. The third-order valence-corrected chi connectivity index (χ3v) is 8.41. The second kappa shape index (κ2) is 10.3. The van der Waals surface area contributed by atoms with E-state index in [0.29, 0.717) is 34.8 Å². The van der Waals surface area contributed by atoms with Gasteiger partial charge in [-0.15, -0.1) is 0 Å². The summed E-state index contributed by atoms with van der Waals surface area (Å²) in [7, 11) is 1.36. The Labute approximate surface area is 244 Å². The fourth-order valence-electron chi connectivity index (χ4n) is 4.66. The van der Waals surface area contributed by atoms with Crippen LogP contribution in [0.3, 0.4) is 0 Å². The predicted octanol–water partition coefficient (Wildman–Crippen LogP) is 6.98. The van der Waals surface area contributed by atoms with Crippen molar-refractivity contribution in [2.75, 3.05) is 7.11 Å². The van der Waals surface area contributed by atoms with E-state index in [1.165, 1.54) is 10.7 Å². The van der Waals surface area contributed by atoms with E-state index in [0.717, 1.165) is 30.4 Å². The van der Waals surface area contributed by atoms with Gasteiger partial charge in [-0.1, -0.05) is 36.4 Å². The molecular formula is C28H20BrI2NO4. The average Bonchev–Trinajstić information content (AvgIpc) is 3.14. The number of methoxy groups -OCH3 is 1. The first-order chi connectivity index (χ1) is 17.3. The van der Waals surface area contributed by atoms with Gasteiger partial charge >= 0.3 is 5.97 Å². The van der Waals surface area contributed by atoms with Crippen molar-refractivity contribution in [3.8, 4) is 5.75 Å². The van der Waals surface area contributed by atoms with Gasteiger partial charge in [0.25, 0.3) is 0 Å². The third-order valence-electron chi connectivity index (χ3n) is 6.30. The van der Waals surface area contributed by atoms with Gasteiger partial charge in [0, 0.05) is 31.9 Å². The topological polar surface area (TPSA) is 64.6 Å². The molecule has 3 aromatic carbocycles. The minimum atomic E-state index is -0.580. The fourth-order valence-corrected chi connectivity index (χ4v) is 6.79. The molecule has 0 fully saturated rings. The molecule has 0 aromatic heterocycles. The van der Waals surface area contributed by atoms with E-state index < -0.39 is 11.9 Å². The second-order valence-electron chi connectivity index (χ2n) is 8.48. The van der Waals surface area contributed by atoms with Gasteiger partial charge in [-0.05, 0) is 103 Å². The van der Waals surface area contributed by atoms with Crippen LogP contribution in [-0.2, 0) is 16.1 Å². The van der Waals surface area contributed by atoms with Crippen LogP contribution < -0.4 is 10.1 Å². The summed E-state index contributed by atoms with van der Waals surface area (Å²) in [5, 5.41) is 3.31. The van der Waals surface area contributed by atoms with Crippen LogP contribution in [0.5, 0.6) is 5.75 Å². The molecule has 1 atom stereocenters. The lowest BCUT2D eigenvalue weighted by Gasteiger charge is -2.29. The zero-order valence-corrected chi connectivity index (χ0v) is 25.2. The van der Waals surface area contributed by atoms with Crippen LogP contribution in [0.2, 0.25) is 0 Å². The van der Waals surface area contributed by atoms with Crippen molar-refractivity contribution in [2.24, 2.45) is 0 Å². The Morgan fingerprint density at radius 3 is 2.42 bits per heavy atom. The van der Waals surface area contributed by atoms with Gasteiger partial charge in [0.1, 0.15) is 12.4 Å². The van der Waals surface area contributed by atoms with E-state index in [-0.39, 0.29) is 5.78 Å². The summed E-state index contributed by atoms with van der Waals surface area (Å²) in [6.07, 6.45) is 0. The maximum atomic E-state index is 13.6. The summed E-state index contributed by atoms with van der Waals surface area (Å²) in [6, 6.07) is 19.6. The molecule has 8 heteroatoms. The molecule has 0 spiro atoms. The van der Waals surface area contributed by atoms with Crippen LogP contribution in [0.25, 0.3) is 5.70 Å². The Balaban J connectivity index is 1.57. The predicted molar refractivity (Wildman–Crippen MR) is 159 cm³/mol. The van der Waals surface area contributed by atoms with Gasteiger partial charge in [0.2, 0.25) is 0 Å². The molecule has 36 heavy (non-hydrogen) atoms. The molecule has 5 rings (SSSR count). The monoisotopic (exact) mass is 767 g/mol. The molecule has 0 bridgehead atoms. The maximum Gasteiger partial charge on any atom is 0.336 e. The quantitative estimate of drug-likeness (QED) is 0.225. The Bertz CT molecular complexity index is 1450. The molecule has 3 aromatic rings. The first-order valence-electron chi connectivity index (χ1n) is 11.1. The van der Waals surface area contributed by atoms with Crippen LogP contribution in [0.15, 0.2) is 82.0 Å². The molecule has 5 nitrogen and oxygen atoms in total.